The summed E-state index contributed by atoms with van der Waals surface area (Å²) in [5, 5.41) is 9.12. The zero-order chi connectivity index (χ0) is 23.8. The van der Waals surface area contributed by atoms with Crippen LogP contribution in [0.1, 0.15) is 19.4 Å². The van der Waals surface area contributed by atoms with Crippen LogP contribution in [0.5, 0.6) is 17.2 Å². The van der Waals surface area contributed by atoms with Crippen molar-refractivity contribution in [2.24, 2.45) is 0 Å². The number of ether oxygens (including phenoxy) is 3. The van der Waals surface area contributed by atoms with Crippen LogP contribution < -0.4 is 14.2 Å². The predicted molar refractivity (Wildman–Crippen MR) is 121 cm³/mol. The third-order valence-corrected chi connectivity index (χ3v) is 7.00. The van der Waals surface area contributed by atoms with E-state index in [9.17, 15) is 13.2 Å². The van der Waals surface area contributed by atoms with Crippen LogP contribution in [0.3, 0.4) is 0 Å². The summed E-state index contributed by atoms with van der Waals surface area (Å²) in [4.78, 5) is 14.2. The van der Waals surface area contributed by atoms with E-state index < -0.39 is 10.0 Å². The molecule has 1 fully saturated rings. The van der Waals surface area contributed by atoms with E-state index in [1.54, 1.807) is 35.2 Å². The Kier molecular flexibility index (Phi) is 8.14. The van der Waals surface area contributed by atoms with Crippen LogP contribution >= 0.6 is 0 Å². The molecular formula is C23H27N3O6S. The Morgan fingerprint density at radius 2 is 1.61 bits per heavy atom. The molecule has 0 aromatic heterocycles. The summed E-state index contributed by atoms with van der Waals surface area (Å²) in [5.74, 6) is 0.949. The lowest BCUT2D eigenvalue weighted by molar-refractivity contribution is -0.134. The fourth-order valence-corrected chi connectivity index (χ4v) is 4.87. The molecule has 1 aliphatic rings. The maximum Gasteiger partial charge on any atom is 0.260 e. The van der Waals surface area contributed by atoms with Gasteiger partial charge in [-0.05, 0) is 38.1 Å². The smallest absolute Gasteiger partial charge is 0.260 e. The molecule has 1 heterocycles. The zero-order valence-corrected chi connectivity index (χ0v) is 19.5. The molecule has 0 spiro atoms. The van der Waals surface area contributed by atoms with Gasteiger partial charge in [-0.1, -0.05) is 12.1 Å². The van der Waals surface area contributed by atoms with Gasteiger partial charge in [-0.3, -0.25) is 4.79 Å². The molecule has 0 radical (unpaired) electrons. The molecule has 1 amide bonds. The molecule has 1 saturated heterocycles. The quantitative estimate of drug-likeness (QED) is 0.550. The molecule has 3 rings (SSSR count). The average Bonchev–Trinajstić information content (AvgIpc) is 2.84. The first-order valence-electron chi connectivity index (χ1n) is 10.7. The van der Waals surface area contributed by atoms with Crippen LogP contribution in [0.2, 0.25) is 0 Å². The van der Waals surface area contributed by atoms with E-state index in [-0.39, 0.29) is 43.6 Å². The Hall–Kier alpha value is -3.29. The average molecular weight is 474 g/mol. The summed E-state index contributed by atoms with van der Waals surface area (Å²) in [6.07, 6.45) is 0. The third kappa shape index (κ3) is 5.74. The maximum atomic E-state index is 13.1. The lowest BCUT2D eigenvalue weighted by atomic mass is 10.2. The molecule has 0 atom stereocenters. The number of benzene rings is 2. The Labute approximate surface area is 194 Å². The summed E-state index contributed by atoms with van der Waals surface area (Å²) in [6, 6.07) is 13.3. The normalized spacial score (nSPS) is 14.4. The molecule has 0 N–H and O–H groups in total. The lowest BCUT2D eigenvalue weighted by Crippen LogP contribution is -2.51. The Morgan fingerprint density at radius 1 is 0.939 bits per heavy atom. The molecule has 0 unspecified atom stereocenters. The van der Waals surface area contributed by atoms with E-state index in [0.717, 1.165) is 0 Å². The fraction of sp³-hybridized carbons (Fsp3) is 0.391. The van der Waals surface area contributed by atoms with Crippen molar-refractivity contribution in [1.82, 2.24) is 9.21 Å². The van der Waals surface area contributed by atoms with E-state index in [2.05, 4.69) is 0 Å². The van der Waals surface area contributed by atoms with Crippen LogP contribution in [0, 0.1) is 11.3 Å². The molecule has 10 heteroatoms. The molecule has 0 saturated carbocycles. The van der Waals surface area contributed by atoms with E-state index in [1.165, 1.54) is 16.4 Å². The summed E-state index contributed by atoms with van der Waals surface area (Å²) >= 11 is 0. The number of amides is 1. The molecule has 9 nitrogen and oxygen atoms in total. The highest BCUT2D eigenvalue weighted by Crippen LogP contribution is 2.31. The van der Waals surface area contributed by atoms with Gasteiger partial charge in [0.05, 0.1) is 23.7 Å². The summed E-state index contributed by atoms with van der Waals surface area (Å²) in [5.41, 5.74) is 0.350. The number of hydrogen-bond donors (Lipinski definition) is 0. The van der Waals surface area contributed by atoms with E-state index in [0.29, 0.717) is 36.0 Å². The maximum absolute atomic E-state index is 13.1. The number of para-hydroxylation sites is 1. The van der Waals surface area contributed by atoms with Crippen molar-refractivity contribution < 1.29 is 27.4 Å². The molecule has 1 aliphatic heterocycles. The first kappa shape index (κ1) is 24.4. The lowest BCUT2D eigenvalue weighted by Gasteiger charge is -2.34. The van der Waals surface area contributed by atoms with Gasteiger partial charge in [0.2, 0.25) is 10.0 Å². The van der Waals surface area contributed by atoms with E-state index in [1.807, 2.05) is 19.9 Å². The first-order chi connectivity index (χ1) is 15.9. The number of rotatable bonds is 9. The molecule has 0 bridgehead atoms. The Morgan fingerprint density at radius 3 is 2.27 bits per heavy atom. The number of sulfonamides is 1. The number of nitriles is 1. The fourth-order valence-electron chi connectivity index (χ4n) is 3.43. The van der Waals surface area contributed by atoms with Crippen molar-refractivity contribution in [3.63, 3.8) is 0 Å². The highest BCUT2D eigenvalue weighted by molar-refractivity contribution is 7.89. The standard InChI is InChI=1S/C23H27N3O6S/c1-3-30-21-10-9-19(15-22(21)31-4-2)33(28,29)26-13-11-25(12-14-26)23(27)17-32-20-8-6-5-7-18(20)16-24/h5-10,15H,3-4,11-14,17H2,1-2H3. The van der Waals surface area contributed by atoms with Crippen molar-refractivity contribution in [2.45, 2.75) is 18.7 Å². The van der Waals surface area contributed by atoms with Gasteiger partial charge in [0.15, 0.2) is 18.1 Å². The van der Waals surface area contributed by atoms with E-state index >= 15 is 0 Å². The Bertz CT molecular complexity index is 1120. The Balaban J connectivity index is 1.62. The minimum Gasteiger partial charge on any atom is -0.490 e. The minimum absolute atomic E-state index is 0.116. The van der Waals surface area contributed by atoms with Gasteiger partial charge < -0.3 is 19.1 Å². The molecule has 176 valence electrons. The molecule has 0 aliphatic carbocycles. The monoisotopic (exact) mass is 473 g/mol. The second kappa shape index (κ2) is 11.0. The molecule has 33 heavy (non-hydrogen) atoms. The van der Waals surface area contributed by atoms with Gasteiger partial charge in [0.1, 0.15) is 11.8 Å². The molecule has 2 aromatic rings. The number of hydrogen-bond acceptors (Lipinski definition) is 7. The van der Waals surface area contributed by atoms with Crippen LogP contribution in [0.4, 0.5) is 0 Å². The van der Waals surface area contributed by atoms with Gasteiger partial charge in [-0.2, -0.15) is 9.57 Å². The highest BCUT2D eigenvalue weighted by atomic mass is 32.2. The molecular weight excluding hydrogens is 446 g/mol. The van der Waals surface area contributed by atoms with Gasteiger partial charge in [0.25, 0.3) is 5.91 Å². The summed E-state index contributed by atoms with van der Waals surface area (Å²) in [7, 11) is -3.76. The van der Waals surface area contributed by atoms with Crippen molar-refractivity contribution in [3.8, 4) is 23.3 Å². The van der Waals surface area contributed by atoms with Crippen LogP contribution in [0.25, 0.3) is 0 Å². The second-order valence-corrected chi connectivity index (χ2v) is 9.09. The summed E-state index contributed by atoms with van der Waals surface area (Å²) < 4.78 is 44.2. The first-order valence-corrected chi connectivity index (χ1v) is 12.1. The highest BCUT2D eigenvalue weighted by Gasteiger charge is 2.31. The van der Waals surface area contributed by atoms with Crippen molar-refractivity contribution in [2.75, 3.05) is 46.0 Å². The molecule has 2 aromatic carbocycles. The van der Waals surface area contributed by atoms with Crippen LogP contribution in [-0.2, 0) is 14.8 Å². The topological polar surface area (TPSA) is 109 Å². The van der Waals surface area contributed by atoms with Crippen molar-refractivity contribution in [3.05, 3.63) is 48.0 Å². The number of piperazine rings is 1. The largest absolute Gasteiger partial charge is 0.490 e. The zero-order valence-electron chi connectivity index (χ0n) is 18.7. The number of carbonyl (C=O) groups excluding carboxylic acids is 1. The second-order valence-electron chi connectivity index (χ2n) is 7.16. The van der Waals surface area contributed by atoms with Gasteiger partial charge in [0, 0.05) is 32.2 Å². The van der Waals surface area contributed by atoms with E-state index in [4.69, 9.17) is 19.5 Å². The summed E-state index contributed by atoms with van der Waals surface area (Å²) in [6.45, 7) is 5.08. The van der Waals surface area contributed by atoms with Crippen molar-refractivity contribution in [1.29, 1.82) is 5.26 Å². The number of carbonyl (C=O) groups is 1. The minimum atomic E-state index is -3.76. The van der Waals surface area contributed by atoms with Gasteiger partial charge in [-0.15, -0.1) is 0 Å². The predicted octanol–water partition coefficient (Wildman–Crippen LogP) is 2.27. The van der Waals surface area contributed by atoms with Crippen molar-refractivity contribution >= 4 is 15.9 Å². The number of nitrogens with zero attached hydrogens (tertiary/aromatic N) is 3. The van der Waals surface area contributed by atoms with Crippen LogP contribution in [0.15, 0.2) is 47.4 Å². The van der Waals surface area contributed by atoms with Crippen LogP contribution in [-0.4, -0.2) is 69.5 Å². The third-order valence-electron chi connectivity index (χ3n) is 5.10. The van der Waals surface area contributed by atoms with Gasteiger partial charge in [-0.25, -0.2) is 8.42 Å². The SMILES string of the molecule is CCOc1ccc(S(=O)(=O)N2CCN(C(=O)COc3ccccc3C#N)CC2)cc1OCC. The van der Waals surface area contributed by atoms with Gasteiger partial charge >= 0.3 is 0 Å².